The number of amides is 1. The first kappa shape index (κ1) is 32.8. The summed E-state index contributed by atoms with van der Waals surface area (Å²) in [6.45, 7) is 0.610. The Morgan fingerprint density at radius 3 is 2.56 bits per heavy atom. The summed E-state index contributed by atoms with van der Waals surface area (Å²) in [6.07, 6.45) is 8.04. The number of carbonyl (C=O) groups excluding carboxylic acids is 1. The van der Waals surface area contributed by atoms with Crippen LogP contribution in [0.25, 0.3) is 39.6 Å². The summed E-state index contributed by atoms with van der Waals surface area (Å²) in [7, 11) is 0. The molecule has 16 heteroatoms. The maximum Gasteiger partial charge on any atom is 0.487 e. The van der Waals surface area contributed by atoms with Crippen LogP contribution < -0.4 is 15.0 Å². The average Bonchev–Trinajstić information content (AvgIpc) is 3.86. The summed E-state index contributed by atoms with van der Waals surface area (Å²) in [5, 5.41) is 16.6. The second kappa shape index (κ2) is 13.1. The quantitative estimate of drug-likeness (QED) is 0.171. The van der Waals surface area contributed by atoms with E-state index in [-0.39, 0.29) is 17.9 Å². The minimum Gasteiger partial charge on any atom is -0.420 e. The molecule has 6 aromatic rings. The number of pyridine rings is 3. The smallest absolute Gasteiger partial charge is 0.420 e. The van der Waals surface area contributed by atoms with Crippen LogP contribution in [0, 0.1) is 11.3 Å². The zero-order valence-corrected chi connectivity index (χ0v) is 27.6. The SMILES string of the molecule is N#Cc1ccc(-c2ccnc(-n3cc4c(n3)-c3cc(-c5cc(C(=O)Nc6ccc(OC(F)(F)Cl)cc6)cnc5N5CC[C@@H](F)C5)cnc3C4)n2)cn1. The lowest BCUT2D eigenvalue weighted by atomic mass is 10.0. The van der Waals surface area contributed by atoms with Crippen LogP contribution in [-0.2, 0) is 6.42 Å². The Morgan fingerprint density at radius 2 is 1.83 bits per heavy atom. The Labute approximate surface area is 298 Å². The Bertz CT molecular complexity index is 2380. The fourth-order valence-electron chi connectivity index (χ4n) is 6.17. The third kappa shape index (κ3) is 6.59. The Hall–Kier alpha value is -6.40. The molecule has 1 fully saturated rings. The van der Waals surface area contributed by atoms with Gasteiger partial charge in [-0.3, -0.25) is 9.78 Å². The van der Waals surface area contributed by atoms with Gasteiger partial charge < -0.3 is 15.0 Å². The third-order valence-corrected chi connectivity index (χ3v) is 8.69. The van der Waals surface area contributed by atoms with Crippen molar-refractivity contribution in [2.75, 3.05) is 23.3 Å². The molecule has 0 radical (unpaired) electrons. The molecule has 5 aromatic heterocycles. The number of fused-ring (bicyclic) bond motifs is 3. The summed E-state index contributed by atoms with van der Waals surface area (Å²) in [4.78, 5) is 37.8. The molecule has 0 saturated carbocycles. The molecule has 0 spiro atoms. The van der Waals surface area contributed by atoms with Gasteiger partial charge >= 0.3 is 5.57 Å². The number of benzene rings is 1. The van der Waals surface area contributed by atoms with Crippen molar-refractivity contribution in [1.29, 1.82) is 5.26 Å². The molecule has 6 heterocycles. The van der Waals surface area contributed by atoms with Crippen molar-refractivity contribution in [2.45, 2.75) is 24.6 Å². The maximum absolute atomic E-state index is 14.4. The number of hydrogen-bond donors (Lipinski definition) is 1. The Kier molecular flexibility index (Phi) is 8.23. The van der Waals surface area contributed by atoms with Crippen molar-refractivity contribution in [3.8, 4) is 51.4 Å². The van der Waals surface area contributed by atoms with Gasteiger partial charge in [0.15, 0.2) is 0 Å². The van der Waals surface area contributed by atoms with Crippen LogP contribution >= 0.6 is 11.6 Å². The van der Waals surface area contributed by atoms with Gasteiger partial charge in [-0.2, -0.15) is 10.4 Å². The molecule has 2 aliphatic rings. The molecule has 1 atom stereocenters. The second-order valence-corrected chi connectivity index (χ2v) is 12.5. The normalized spacial score (nSPS) is 14.8. The van der Waals surface area contributed by atoms with Gasteiger partial charge in [0, 0.05) is 89.1 Å². The number of aromatic nitrogens is 7. The molecule has 1 amide bonds. The van der Waals surface area contributed by atoms with E-state index in [0.29, 0.717) is 65.0 Å². The number of anilines is 2. The number of nitrogens with one attached hydrogen (secondary N) is 1. The van der Waals surface area contributed by atoms with Crippen LogP contribution in [-0.4, -0.2) is 65.4 Å². The van der Waals surface area contributed by atoms with E-state index in [1.165, 1.54) is 30.5 Å². The fourth-order valence-corrected chi connectivity index (χ4v) is 6.25. The molecule has 12 nitrogen and oxygen atoms in total. The molecule has 1 N–H and O–H groups in total. The lowest BCUT2D eigenvalue weighted by Crippen LogP contribution is -2.22. The van der Waals surface area contributed by atoms with E-state index in [4.69, 9.17) is 26.9 Å². The van der Waals surface area contributed by atoms with Crippen molar-refractivity contribution in [1.82, 2.24) is 34.7 Å². The first-order valence-electron chi connectivity index (χ1n) is 15.9. The zero-order chi connectivity index (χ0) is 36.0. The fraction of sp³-hybridized carbons (Fsp3) is 0.167. The van der Waals surface area contributed by atoms with E-state index in [9.17, 15) is 18.0 Å². The van der Waals surface area contributed by atoms with Crippen LogP contribution in [0.5, 0.6) is 5.75 Å². The van der Waals surface area contributed by atoms with Gasteiger partial charge in [-0.25, -0.2) is 29.0 Å². The van der Waals surface area contributed by atoms with E-state index in [1.807, 2.05) is 23.2 Å². The molecule has 1 aliphatic heterocycles. The van der Waals surface area contributed by atoms with Crippen molar-refractivity contribution < 1.29 is 22.7 Å². The monoisotopic (exact) mass is 720 g/mol. The first-order chi connectivity index (χ1) is 25.1. The average molecular weight is 721 g/mol. The van der Waals surface area contributed by atoms with E-state index in [0.717, 1.165) is 22.4 Å². The third-order valence-electron chi connectivity index (χ3n) is 8.61. The van der Waals surface area contributed by atoms with Crippen LogP contribution in [0.3, 0.4) is 0 Å². The largest absolute Gasteiger partial charge is 0.487 e. The first-order valence-corrected chi connectivity index (χ1v) is 16.3. The molecule has 52 heavy (non-hydrogen) atoms. The number of ether oxygens (including phenoxy) is 1. The highest BCUT2D eigenvalue weighted by Gasteiger charge is 2.30. The van der Waals surface area contributed by atoms with E-state index in [2.05, 4.69) is 30.0 Å². The van der Waals surface area contributed by atoms with Crippen LogP contribution in [0.1, 0.15) is 33.7 Å². The van der Waals surface area contributed by atoms with Gasteiger partial charge in [0.2, 0.25) is 0 Å². The number of halogens is 4. The number of nitriles is 1. The summed E-state index contributed by atoms with van der Waals surface area (Å²) in [6, 6.07) is 16.0. The standard InChI is InChI=1S/C36H24ClF3N10O2/c37-36(39,40)52-27-5-3-25(4-6-27)46-34(51)22-12-28(33(45-17-22)49-10-8-24(38)19-49)21-11-29-31(44-16-21)13-23-18-50(48-32(23)29)35-42-9-7-30(47-35)20-1-2-26(14-41)43-15-20/h1-7,9,11-12,15-18,24H,8,10,13,19H2,(H,46,51)/t24-/m1/s1. The summed E-state index contributed by atoms with van der Waals surface area (Å²) >= 11 is 4.84. The molecule has 1 aromatic carbocycles. The molecule has 1 saturated heterocycles. The zero-order valence-electron chi connectivity index (χ0n) is 26.8. The lowest BCUT2D eigenvalue weighted by Gasteiger charge is -2.21. The molecule has 0 unspecified atom stereocenters. The highest BCUT2D eigenvalue weighted by Crippen LogP contribution is 2.40. The number of carbonyl (C=O) groups is 1. The molecule has 0 bridgehead atoms. The van der Waals surface area contributed by atoms with Gasteiger partial charge in [0.25, 0.3) is 11.9 Å². The van der Waals surface area contributed by atoms with E-state index >= 15 is 0 Å². The van der Waals surface area contributed by atoms with Crippen LogP contribution in [0.4, 0.5) is 24.7 Å². The number of alkyl halides is 4. The highest BCUT2D eigenvalue weighted by molar-refractivity contribution is 6.20. The van der Waals surface area contributed by atoms with E-state index < -0.39 is 17.6 Å². The number of nitrogens with zero attached hydrogens (tertiary/aromatic N) is 9. The highest BCUT2D eigenvalue weighted by atomic mass is 35.5. The number of rotatable bonds is 8. The van der Waals surface area contributed by atoms with Crippen molar-refractivity contribution >= 4 is 29.0 Å². The van der Waals surface area contributed by atoms with Gasteiger partial charge in [-0.1, -0.05) is 0 Å². The van der Waals surface area contributed by atoms with Crippen molar-refractivity contribution in [3.63, 3.8) is 0 Å². The topological polar surface area (TPSA) is 148 Å². The predicted molar refractivity (Wildman–Crippen MR) is 184 cm³/mol. The summed E-state index contributed by atoms with van der Waals surface area (Å²) in [5.74, 6) is 0.173. The minimum atomic E-state index is -3.87. The molecule has 1 aliphatic carbocycles. The Morgan fingerprint density at radius 1 is 1.00 bits per heavy atom. The minimum absolute atomic E-state index is 0.159. The Balaban J connectivity index is 1.10. The summed E-state index contributed by atoms with van der Waals surface area (Å²) in [5.41, 5.74) is 2.76. The summed E-state index contributed by atoms with van der Waals surface area (Å²) < 4.78 is 46.3. The van der Waals surface area contributed by atoms with Crippen molar-refractivity contribution in [2.24, 2.45) is 0 Å². The molecule has 8 rings (SSSR count). The molecular weight excluding hydrogens is 697 g/mol. The van der Waals surface area contributed by atoms with Gasteiger partial charge in [-0.15, -0.1) is 8.78 Å². The lowest BCUT2D eigenvalue weighted by molar-refractivity contribution is -0.0964. The molecule has 258 valence electrons. The van der Waals surface area contributed by atoms with Crippen molar-refractivity contribution in [3.05, 3.63) is 108 Å². The van der Waals surface area contributed by atoms with E-state index in [1.54, 1.807) is 47.5 Å². The maximum atomic E-state index is 14.4. The second-order valence-electron chi connectivity index (χ2n) is 12.1. The van der Waals surface area contributed by atoms with Gasteiger partial charge in [-0.05, 0) is 61.0 Å². The predicted octanol–water partition coefficient (Wildman–Crippen LogP) is 6.59. The number of hydrogen-bond acceptors (Lipinski definition) is 10. The van der Waals surface area contributed by atoms with Gasteiger partial charge in [0.05, 0.1) is 29.2 Å². The molecular formula is C36H24ClF3N10O2. The van der Waals surface area contributed by atoms with Gasteiger partial charge in [0.1, 0.15) is 29.5 Å². The van der Waals surface area contributed by atoms with Crippen LogP contribution in [0.15, 0.2) is 85.6 Å². The van der Waals surface area contributed by atoms with Crippen LogP contribution in [0.2, 0.25) is 0 Å².